The minimum atomic E-state index is 0.0957. The Balaban J connectivity index is 1.50. The number of fused-ring (bicyclic) bond motifs is 1. The molecule has 112 valence electrons. The lowest BCUT2D eigenvalue weighted by Gasteiger charge is -2.12. The van der Waals surface area contributed by atoms with Gasteiger partial charge in [-0.1, -0.05) is 0 Å². The van der Waals surface area contributed by atoms with Gasteiger partial charge < -0.3 is 5.32 Å². The van der Waals surface area contributed by atoms with Crippen LogP contribution in [0.4, 0.5) is 0 Å². The topological polar surface area (TPSA) is 57.8 Å². The van der Waals surface area contributed by atoms with Gasteiger partial charge in [0.15, 0.2) is 0 Å². The standard InChI is InChI=1S/C16H21N3OS/c1-11-12(9-18-19-11)5-4-8-17-16(20)14-10-21-15-7-3-2-6-13(14)15/h9-10H,2-8H2,1H3,(H,17,20)(H,18,19). The molecule has 1 aliphatic carbocycles. The molecule has 0 aliphatic heterocycles. The first-order valence-electron chi connectivity index (χ1n) is 7.62. The Hall–Kier alpha value is -1.62. The van der Waals surface area contributed by atoms with Crippen LogP contribution in [0.2, 0.25) is 0 Å². The predicted octanol–water partition coefficient (Wildman–Crippen LogP) is 3.02. The molecule has 21 heavy (non-hydrogen) atoms. The van der Waals surface area contributed by atoms with Gasteiger partial charge in [-0.2, -0.15) is 5.10 Å². The van der Waals surface area contributed by atoms with E-state index in [9.17, 15) is 4.79 Å². The van der Waals surface area contributed by atoms with Crippen molar-refractivity contribution in [2.45, 2.75) is 45.4 Å². The van der Waals surface area contributed by atoms with E-state index in [1.54, 1.807) is 11.3 Å². The smallest absolute Gasteiger partial charge is 0.252 e. The van der Waals surface area contributed by atoms with Crippen LogP contribution in [0, 0.1) is 6.92 Å². The summed E-state index contributed by atoms with van der Waals surface area (Å²) in [6.45, 7) is 2.74. The highest BCUT2D eigenvalue weighted by Gasteiger charge is 2.19. The molecule has 0 bridgehead atoms. The van der Waals surface area contributed by atoms with Gasteiger partial charge in [0.1, 0.15) is 0 Å². The summed E-state index contributed by atoms with van der Waals surface area (Å²) in [7, 11) is 0. The maximum Gasteiger partial charge on any atom is 0.252 e. The number of aromatic amines is 1. The normalized spacial score (nSPS) is 14.0. The first kappa shape index (κ1) is 14.3. The summed E-state index contributed by atoms with van der Waals surface area (Å²) < 4.78 is 0. The summed E-state index contributed by atoms with van der Waals surface area (Å²) in [6, 6.07) is 0. The zero-order valence-electron chi connectivity index (χ0n) is 12.4. The zero-order chi connectivity index (χ0) is 14.7. The third-order valence-electron chi connectivity index (χ3n) is 4.15. The lowest BCUT2D eigenvalue weighted by atomic mass is 9.95. The van der Waals surface area contributed by atoms with Crippen molar-refractivity contribution >= 4 is 17.2 Å². The quantitative estimate of drug-likeness (QED) is 0.834. The van der Waals surface area contributed by atoms with E-state index >= 15 is 0 Å². The lowest BCUT2D eigenvalue weighted by molar-refractivity contribution is 0.0952. The molecule has 0 aromatic carbocycles. The molecule has 0 radical (unpaired) electrons. The predicted molar refractivity (Wildman–Crippen MR) is 84.9 cm³/mol. The summed E-state index contributed by atoms with van der Waals surface area (Å²) >= 11 is 1.75. The Morgan fingerprint density at radius 3 is 3.10 bits per heavy atom. The fraction of sp³-hybridized carbons (Fsp3) is 0.500. The van der Waals surface area contributed by atoms with Gasteiger partial charge in [-0.15, -0.1) is 11.3 Å². The van der Waals surface area contributed by atoms with E-state index < -0.39 is 0 Å². The molecule has 1 amide bonds. The second kappa shape index (κ2) is 6.43. The van der Waals surface area contributed by atoms with Crippen LogP contribution in [-0.2, 0) is 19.3 Å². The maximum atomic E-state index is 12.3. The molecule has 0 saturated carbocycles. The number of rotatable bonds is 5. The van der Waals surface area contributed by atoms with Crippen molar-refractivity contribution in [3.8, 4) is 0 Å². The van der Waals surface area contributed by atoms with E-state index in [2.05, 4.69) is 15.5 Å². The van der Waals surface area contributed by atoms with Gasteiger partial charge in [-0.3, -0.25) is 9.89 Å². The molecule has 0 fully saturated rings. The van der Waals surface area contributed by atoms with Crippen LogP contribution in [0.5, 0.6) is 0 Å². The third kappa shape index (κ3) is 3.18. The Kier molecular flexibility index (Phi) is 4.39. The fourth-order valence-corrected chi connectivity index (χ4v) is 4.01. The number of aromatic nitrogens is 2. The van der Waals surface area contributed by atoms with Crippen LogP contribution < -0.4 is 5.32 Å². The number of H-pyrrole nitrogens is 1. The number of aryl methyl sites for hydroxylation is 3. The highest BCUT2D eigenvalue weighted by molar-refractivity contribution is 7.10. The minimum absolute atomic E-state index is 0.0957. The summed E-state index contributed by atoms with van der Waals surface area (Å²) in [5.74, 6) is 0.0957. The number of thiophene rings is 1. The molecule has 0 saturated heterocycles. The Morgan fingerprint density at radius 2 is 2.29 bits per heavy atom. The molecule has 0 atom stereocenters. The number of hydrogen-bond donors (Lipinski definition) is 2. The number of nitrogens with one attached hydrogen (secondary N) is 2. The second-order valence-electron chi connectivity index (χ2n) is 5.64. The van der Waals surface area contributed by atoms with Gasteiger partial charge >= 0.3 is 0 Å². The first-order chi connectivity index (χ1) is 10.3. The SMILES string of the molecule is Cc1[nH]ncc1CCCNC(=O)c1csc2c1CCCC2. The second-order valence-corrected chi connectivity index (χ2v) is 6.60. The molecule has 3 rings (SSSR count). The summed E-state index contributed by atoms with van der Waals surface area (Å²) in [4.78, 5) is 13.7. The molecular formula is C16H21N3OS. The van der Waals surface area contributed by atoms with Crippen LogP contribution in [0.25, 0.3) is 0 Å². The monoisotopic (exact) mass is 303 g/mol. The number of amides is 1. The van der Waals surface area contributed by atoms with Crippen LogP contribution in [-0.4, -0.2) is 22.6 Å². The molecule has 5 heteroatoms. The van der Waals surface area contributed by atoms with Gasteiger partial charge in [0.25, 0.3) is 5.91 Å². The molecule has 2 heterocycles. The van der Waals surface area contributed by atoms with Crippen molar-refractivity contribution in [2.24, 2.45) is 0 Å². The average Bonchev–Trinajstić information content (AvgIpc) is 3.10. The number of carbonyl (C=O) groups is 1. The van der Waals surface area contributed by atoms with E-state index in [1.165, 1.54) is 28.8 Å². The van der Waals surface area contributed by atoms with E-state index in [4.69, 9.17) is 0 Å². The third-order valence-corrected chi connectivity index (χ3v) is 5.24. The van der Waals surface area contributed by atoms with Crippen molar-refractivity contribution in [3.05, 3.63) is 38.8 Å². The number of carbonyl (C=O) groups excluding carboxylic acids is 1. The Labute approximate surface area is 129 Å². The molecule has 0 spiro atoms. The first-order valence-corrected chi connectivity index (χ1v) is 8.50. The van der Waals surface area contributed by atoms with Crippen LogP contribution in [0.1, 0.15) is 51.3 Å². The van der Waals surface area contributed by atoms with Crippen molar-refractivity contribution in [3.63, 3.8) is 0 Å². The van der Waals surface area contributed by atoms with Crippen molar-refractivity contribution < 1.29 is 4.79 Å². The fourth-order valence-electron chi connectivity index (χ4n) is 2.89. The minimum Gasteiger partial charge on any atom is -0.352 e. The maximum absolute atomic E-state index is 12.3. The molecule has 4 nitrogen and oxygen atoms in total. The van der Waals surface area contributed by atoms with E-state index in [-0.39, 0.29) is 5.91 Å². The molecule has 2 aromatic heterocycles. The van der Waals surface area contributed by atoms with Gasteiger partial charge in [-0.25, -0.2) is 0 Å². The van der Waals surface area contributed by atoms with Crippen molar-refractivity contribution in [1.29, 1.82) is 0 Å². The molecule has 1 aliphatic rings. The highest BCUT2D eigenvalue weighted by atomic mass is 32.1. The van der Waals surface area contributed by atoms with Crippen LogP contribution in [0.15, 0.2) is 11.6 Å². The number of hydrogen-bond acceptors (Lipinski definition) is 3. The average molecular weight is 303 g/mol. The highest BCUT2D eigenvalue weighted by Crippen LogP contribution is 2.30. The Bertz CT molecular complexity index is 629. The number of nitrogens with zero attached hydrogens (tertiary/aromatic N) is 1. The largest absolute Gasteiger partial charge is 0.352 e. The Morgan fingerprint density at radius 1 is 1.43 bits per heavy atom. The van der Waals surface area contributed by atoms with Gasteiger partial charge in [0.05, 0.1) is 11.8 Å². The van der Waals surface area contributed by atoms with Crippen LogP contribution in [0.3, 0.4) is 0 Å². The van der Waals surface area contributed by atoms with Gasteiger partial charge in [0, 0.05) is 22.5 Å². The van der Waals surface area contributed by atoms with Gasteiger partial charge in [-0.05, 0) is 56.6 Å². The lowest BCUT2D eigenvalue weighted by Crippen LogP contribution is -2.25. The van der Waals surface area contributed by atoms with Crippen molar-refractivity contribution in [2.75, 3.05) is 6.54 Å². The summed E-state index contributed by atoms with van der Waals surface area (Å²) in [5, 5.41) is 12.0. The summed E-state index contributed by atoms with van der Waals surface area (Å²) in [5.41, 5.74) is 4.56. The molecular weight excluding hydrogens is 282 g/mol. The van der Waals surface area contributed by atoms with Crippen LogP contribution >= 0.6 is 11.3 Å². The van der Waals surface area contributed by atoms with E-state index in [1.807, 2.05) is 18.5 Å². The zero-order valence-corrected chi connectivity index (χ0v) is 13.2. The van der Waals surface area contributed by atoms with E-state index in [0.29, 0.717) is 6.54 Å². The molecule has 2 N–H and O–H groups in total. The van der Waals surface area contributed by atoms with Crippen molar-refractivity contribution in [1.82, 2.24) is 15.5 Å². The summed E-state index contributed by atoms with van der Waals surface area (Å²) in [6.07, 6.45) is 8.44. The van der Waals surface area contributed by atoms with Gasteiger partial charge in [0.2, 0.25) is 0 Å². The van der Waals surface area contributed by atoms with E-state index in [0.717, 1.165) is 36.9 Å². The molecule has 0 unspecified atom stereocenters. The molecule has 2 aromatic rings.